The van der Waals surface area contributed by atoms with E-state index in [0.29, 0.717) is 18.0 Å². The van der Waals surface area contributed by atoms with Crippen LogP contribution in [0.25, 0.3) is 0 Å². The number of rotatable bonds is 3. The smallest absolute Gasteiger partial charge is 0.310 e. The molecule has 0 spiro atoms. The van der Waals surface area contributed by atoms with E-state index in [4.69, 9.17) is 4.74 Å². The summed E-state index contributed by atoms with van der Waals surface area (Å²) in [7, 11) is 3.76. The fourth-order valence-corrected chi connectivity index (χ4v) is 5.50. The summed E-state index contributed by atoms with van der Waals surface area (Å²) in [4.78, 5) is 14.9. The van der Waals surface area contributed by atoms with Crippen LogP contribution in [-0.2, 0) is 9.53 Å². The molecule has 0 aromatic carbocycles. The number of ether oxygens (including phenoxy) is 1. The fraction of sp³-hybridized carbons (Fsp3) is 0.842. The summed E-state index contributed by atoms with van der Waals surface area (Å²) in [6.07, 6.45) is 13.4. The predicted octanol–water partition coefficient (Wildman–Crippen LogP) is 3.64. The Morgan fingerprint density at radius 1 is 1.14 bits per heavy atom. The van der Waals surface area contributed by atoms with E-state index < -0.39 is 0 Å². The zero-order valence-electron chi connectivity index (χ0n) is 14.3. The first kappa shape index (κ1) is 16.0. The van der Waals surface area contributed by atoms with Gasteiger partial charge >= 0.3 is 5.97 Å². The summed E-state index contributed by atoms with van der Waals surface area (Å²) in [5.74, 6) is 2.19. The zero-order valence-corrected chi connectivity index (χ0v) is 14.3. The van der Waals surface area contributed by atoms with E-state index >= 15 is 0 Å². The van der Waals surface area contributed by atoms with Gasteiger partial charge in [0, 0.05) is 12.1 Å². The molecule has 2 unspecified atom stereocenters. The first-order chi connectivity index (χ1) is 10.7. The largest absolute Gasteiger partial charge is 0.469 e. The van der Waals surface area contributed by atoms with Crippen LogP contribution in [0, 0.1) is 23.7 Å². The monoisotopic (exact) mass is 305 g/mol. The third kappa shape index (κ3) is 2.84. The van der Waals surface area contributed by atoms with Crippen LogP contribution in [0.3, 0.4) is 0 Å². The number of piperidine rings is 1. The Morgan fingerprint density at radius 3 is 2.50 bits per heavy atom. The Bertz CT molecular complexity index is 425. The molecule has 2 bridgehead atoms. The van der Waals surface area contributed by atoms with Gasteiger partial charge in [-0.15, -0.1) is 0 Å². The lowest BCUT2D eigenvalue weighted by atomic mass is 9.67. The van der Waals surface area contributed by atoms with Gasteiger partial charge in [0.05, 0.1) is 13.0 Å². The minimum absolute atomic E-state index is 0.0396. The lowest BCUT2D eigenvalue weighted by Crippen LogP contribution is -2.52. The Morgan fingerprint density at radius 2 is 1.86 bits per heavy atom. The van der Waals surface area contributed by atoms with Crippen LogP contribution in [0.15, 0.2) is 12.2 Å². The fourth-order valence-electron chi connectivity index (χ4n) is 5.50. The summed E-state index contributed by atoms with van der Waals surface area (Å²) in [6.45, 7) is 2.12. The van der Waals surface area contributed by atoms with Crippen LogP contribution >= 0.6 is 0 Å². The third-order valence-electron chi connectivity index (χ3n) is 6.67. The molecule has 0 N–H and O–H groups in total. The van der Waals surface area contributed by atoms with Gasteiger partial charge in [0.15, 0.2) is 0 Å². The van der Waals surface area contributed by atoms with Crippen molar-refractivity contribution in [2.45, 2.75) is 64.0 Å². The first-order valence-corrected chi connectivity index (χ1v) is 9.08. The Balaban J connectivity index is 1.73. The molecule has 3 aliphatic rings. The van der Waals surface area contributed by atoms with Gasteiger partial charge in [-0.05, 0) is 76.7 Å². The van der Waals surface area contributed by atoms with E-state index in [-0.39, 0.29) is 11.9 Å². The van der Waals surface area contributed by atoms with E-state index in [0.717, 1.165) is 11.8 Å². The molecule has 4 atom stereocenters. The molecule has 3 nitrogen and oxygen atoms in total. The second-order valence-corrected chi connectivity index (χ2v) is 7.61. The SMILES string of the molecule is C/C=C/C1CCC([C@H]2C[C@H]3CCC(C2C(=O)OC)N3C)CC1. The van der Waals surface area contributed by atoms with Crippen LogP contribution < -0.4 is 0 Å². The molecule has 3 rings (SSSR count). The minimum atomic E-state index is 0.0396. The third-order valence-corrected chi connectivity index (χ3v) is 6.67. The summed E-state index contributed by atoms with van der Waals surface area (Å²) >= 11 is 0. The zero-order chi connectivity index (χ0) is 15.7. The minimum Gasteiger partial charge on any atom is -0.469 e. The Hall–Kier alpha value is -0.830. The highest BCUT2D eigenvalue weighted by atomic mass is 16.5. The lowest BCUT2D eigenvalue weighted by Gasteiger charge is -2.46. The standard InChI is InChI=1S/C19H31NO2/c1-4-5-13-6-8-14(9-7-13)16-12-15-10-11-17(20(15)2)18(16)19(21)22-3/h4-5,13-18H,6-12H2,1-3H3/b5-4+/t13?,14?,15-,16-,17?,18?/m1/s1. The van der Waals surface area contributed by atoms with Crippen molar-refractivity contribution in [2.75, 3.05) is 14.2 Å². The molecule has 3 heteroatoms. The predicted molar refractivity (Wildman–Crippen MR) is 88.4 cm³/mol. The molecular weight excluding hydrogens is 274 g/mol. The molecular formula is C19H31NO2. The highest BCUT2D eigenvalue weighted by molar-refractivity contribution is 5.74. The molecule has 0 aromatic heterocycles. The van der Waals surface area contributed by atoms with E-state index in [1.165, 1.54) is 44.9 Å². The molecule has 2 aliphatic heterocycles. The molecule has 0 aromatic rings. The molecule has 22 heavy (non-hydrogen) atoms. The molecule has 2 heterocycles. The number of methoxy groups -OCH3 is 1. The maximum absolute atomic E-state index is 12.5. The number of allylic oxidation sites excluding steroid dienone is 2. The van der Waals surface area contributed by atoms with Gasteiger partial charge < -0.3 is 4.74 Å². The number of hydrogen-bond acceptors (Lipinski definition) is 3. The number of carbonyl (C=O) groups is 1. The summed E-state index contributed by atoms with van der Waals surface area (Å²) in [6, 6.07) is 1.12. The van der Waals surface area contributed by atoms with Crippen molar-refractivity contribution in [1.29, 1.82) is 0 Å². The molecule has 1 aliphatic carbocycles. The van der Waals surface area contributed by atoms with E-state index in [1.54, 1.807) is 7.11 Å². The van der Waals surface area contributed by atoms with Gasteiger partial charge in [-0.3, -0.25) is 9.69 Å². The van der Waals surface area contributed by atoms with Crippen molar-refractivity contribution in [3.05, 3.63) is 12.2 Å². The van der Waals surface area contributed by atoms with Crippen molar-refractivity contribution in [3.63, 3.8) is 0 Å². The first-order valence-electron chi connectivity index (χ1n) is 9.08. The van der Waals surface area contributed by atoms with Gasteiger partial charge in [-0.2, -0.15) is 0 Å². The van der Waals surface area contributed by atoms with Gasteiger partial charge in [0.1, 0.15) is 0 Å². The lowest BCUT2D eigenvalue weighted by molar-refractivity contribution is -0.154. The van der Waals surface area contributed by atoms with Crippen molar-refractivity contribution in [2.24, 2.45) is 23.7 Å². The average Bonchev–Trinajstić information content (AvgIpc) is 2.77. The van der Waals surface area contributed by atoms with Crippen LogP contribution in [-0.4, -0.2) is 37.1 Å². The number of esters is 1. The number of nitrogens with zero attached hydrogens (tertiary/aromatic N) is 1. The Kier molecular flexibility index (Phi) is 4.91. The highest BCUT2D eigenvalue weighted by Gasteiger charge is 2.51. The quantitative estimate of drug-likeness (QED) is 0.589. The molecule has 2 saturated heterocycles. The van der Waals surface area contributed by atoms with Crippen LogP contribution in [0.1, 0.15) is 51.9 Å². The van der Waals surface area contributed by atoms with Crippen molar-refractivity contribution in [1.82, 2.24) is 4.90 Å². The van der Waals surface area contributed by atoms with E-state index in [1.807, 2.05) is 0 Å². The van der Waals surface area contributed by atoms with E-state index in [9.17, 15) is 4.79 Å². The van der Waals surface area contributed by atoms with Gasteiger partial charge in [-0.25, -0.2) is 0 Å². The normalized spacial score (nSPS) is 42.7. The molecule has 1 saturated carbocycles. The number of hydrogen-bond donors (Lipinski definition) is 0. The van der Waals surface area contributed by atoms with Crippen LogP contribution in [0.4, 0.5) is 0 Å². The summed E-state index contributed by atoms with van der Waals surface area (Å²) < 4.78 is 5.19. The van der Waals surface area contributed by atoms with Crippen molar-refractivity contribution >= 4 is 5.97 Å². The maximum atomic E-state index is 12.5. The van der Waals surface area contributed by atoms with Gasteiger partial charge in [-0.1, -0.05) is 12.2 Å². The van der Waals surface area contributed by atoms with Crippen LogP contribution in [0.2, 0.25) is 0 Å². The highest BCUT2D eigenvalue weighted by Crippen LogP contribution is 2.48. The van der Waals surface area contributed by atoms with Crippen molar-refractivity contribution in [3.8, 4) is 0 Å². The Labute approximate surface area is 135 Å². The van der Waals surface area contributed by atoms with Gasteiger partial charge in [0.25, 0.3) is 0 Å². The second-order valence-electron chi connectivity index (χ2n) is 7.61. The van der Waals surface area contributed by atoms with Gasteiger partial charge in [0.2, 0.25) is 0 Å². The molecule has 3 fully saturated rings. The molecule has 0 amide bonds. The maximum Gasteiger partial charge on any atom is 0.310 e. The summed E-state index contributed by atoms with van der Waals surface area (Å²) in [5, 5.41) is 0. The number of carbonyl (C=O) groups excluding carboxylic acids is 1. The average molecular weight is 305 g/mol. The summed E-state index contributed by atoms with van der Waals surface area (Å²) in [5.41, 5.74) is 0. The van der Waals surface area contributed by atoms with Crippen molar-refractivity contribution < 1.29 is 9.53 Å². The molecule has 0 radical (unpaired) electrons. The second kappa shape index (κ2) is 6.74. The van der Waals surface area contributed by atoms with Crippen LogP contribution in [0.5, 0.6) is 0 Å². The van der Waals surface area contributed by atoms with E-state index in [2.05, 4.69) is 31.0 Å². The topological polar surface area (TPSA) is 29.5 Å². The molecule has 124 valence electrons. The number of fused-ring (bicyclic) bond motifs is 2.